The van der Waals surface area contributed by atoms with E-state index >= 15 is 0 Å². The number of carboxylic acid groups (broad SMARTS) is 1. The number of hydrogen-bond acceptors (Lipinski definition) is 9. The normalized spacial score (nSPS) is 21.8. The lowest BCUT2D eigenvalue weighted by molar-refractivity contribution is -0.277. The van der Waals surface area contributed by atoms with Gasteiger partial charge in [-0.25, -0.2) is 4.79 Å². The Hall–Kier alpha value is -4.32. The number of carboxylic acids is 1. The second kappa shape index (κ2) is 14.6. The third kappa shape index (κ3) is 7.17. The molecule has 0 saturated carbocycles. The summed E-state index contributed by atoms with van der Waals surface area (Å²) in [4.78, 5) is 25.7. The first-order valence-electron chi connectivity index (χ1n) is 15.7. The minimum absolute atomic E-state index is 0.00946. The molecule has 1 aliphatic heterocycles. The number of phenols is 1. The summed E-state index contributed by atoms with van der Waals surface area (Å²) < 4.78 is 11.3. The largest absolute Gasteiger partial charge is 0.506 e. The van der Waals surface area contributed by atoms with Crippen LogP contribution >= 0.6 is 0 Å². The third-order valence-electron chi connectivity index (χ3n) is 8.92. The van der Waals surface area contributed by atoms with Crippen molar-refractivity contribution >= 4 is 22.5 Å². The van der Waals surface area contributed by atoms with Gasteiger partial charge in [0, 0.05) is 6.42 Å². The SMILES string of the molecule is CC[C@H](Cc1ccccc1)c1ccccc1CCC(=O)c1c(C)cc2cc(C(=O)O)cc(O[C@H]3O[C@H](CO)[C@@H](O)[C@H](O)[C@H]3O)c2c1O. The fourth-order valence-electron chi connectivity index (χ4n) is 6.39. The van der Waals surface area contributed by atoms with E-state index < -0.39 is 49.0 Å². The Morgan fingerprint density at radius 3 is 2.32 bits per heavy atom. The summed E-state index contributed by atoms with van der Waals surface area (Å²) in [5.74, 6) is -2.02. The lowest BCUT2D eigenvalue weighted by atomic mass is 9.85. The number of ether oxygens (including phenoxy) is 2. The van der Waals surface area contributed by atoms with E-state index in [0.717, 1.165) is 24.5 Å². The molecule has 0 unspecified atom stereocenters. The molecule has 248 valence electrons. The van der Waals surface area contributed by atoms with Gasteiger partial charge in [0.1, 0.15) is 35.9 Å². The van der Waals surface area contributed by atoms with Gasteiger partial charge in [-0.1, -0.05) is 67.6 Å². The average Bonchev–Trinajstić information content (AvgIpc) is 3.06. The van der Waals surface area contributed by atoms with Crippen LogP contribution in [0.25, 0.3) is 10.8 Å². The van der Waals surface area contributed by atoms with Crippen molar-refractivity contribution in [2.24, 2.45) is 0 Å². The van der Waals surface area contributed by atoms with Gasteiger partial charge in [-0.15, -0.1) is 0 Å². The molecule has 0 radical (unpaired) electrons. The van der Waals surface area contributed by atoms with E-state index in [-0.39, 0.29) is 45.8 Å². The van der Waals surface area contributed by atoms with Crippen LogP contribution in [-0.2, 0) is 17.6 Å². The van der Waals surface area contributed by atoms with E-state index in [2.05, 4.69) is 25.1 Å². The van der Waals surface area contributed by atoms with Crippen LogP contribution < -0.4 is 4.74 Å². The van der Waals surface area contributed by atoms with Gasteiger partial charge in [-0.2, -0.15) is 0 Å². The Bertz CT molecular complexity index is 1730. The number of carbonyl (C=O) groups excluding carboxylic acids is 1. The number of benzene rings is 4. The number of aliphatic hydroxyl groups excluding tert-OH is 4. The van der Waals surface area contributed by atoms with Crippen molar-refractivity contribution in [3.8, 4) is 11.5 Å². The molecular formula is C37H40O10. The molecule has 47 heavy (non-hydrogen) atoms. The molecule has 1 saturated heterocycles. The maximum absolute atomic E-state index is 13.8. The van der Waals surface area contributed by atoms with E-state index in [9.17, 15) is 40.2 Å². The van der Waals surface area contributed by atoms with Gasteiger partial charge in [0.2, 0.25) is 6.29 Å². The van der Waals surface area contributed by atoms with Crippen molar-refractivity contribution in [2.75, 3.05) is 6.61 Å². The minimum Gasteiger partial charge on any atom is -0.506 e. The van der Waals surface area contributed by atoms with Gasteiger partial charge >= 0.3 is 5.97 Å². The van der Waals surface area contributed by atoms with Gasteiger partial charge in [0.05, 0.1) is 23.1 Å². The Kier molecular flexibility index (Phi) is 10.6. The van der Waals surface area contributed by atoms with Crippen LogP contribution in [0.3, 0.4) is 0 Å². The number of ketones is 1. The summed E-state index contributed by atoms with van der Waals surface area (Å²) in [5.41, 5.74) is 3.72. The fourth-order valence-corrected chi connectivity index (χ4v) is 6.39. The predicted octanol–water partition coefficient (Wildman–Crippen LogP) is 4.28. The molecule has 0 spiro atoms. The van der Waals surface area contributed by atoms with E-state index in [0.29, 0.717) is 12.0 Å². The number of rotatable bonds is 12. The molecule has 10 heteroatoms. The Balaban J connectivity index is 1.46. The number of fused-ring (bicyclic) bond motifs is 1. The number of hydrogen-bond donors (Lipinski definition) is 6. The van der Waals surface area contributed by atoms with E-state index in [4.69, 9.17) is 9.47 Å². The highest BCUT2D eigenvalue weighted by Crippen LogP contribution is 2.41. The smallest absolute Gasteiger partial charge is 0.335 e. The number of Topliss-reactive ketones (excluding diaryl/α,β-unsaturated/α-hetero) is 1. The lowest BCUT2D eigenvalue weighted by Gasteiger charge is -2.39. The van der Waals surface area contributed by atoms with Crippen LogP contribution in [0.5, 0.6) is 11.5 Å². The summed E-state index contributed by atoms with van der Waals surface area (Å²) in [6.45, 7) is 3.10. The summed E-state index contributed by atoms with van der Waals surface area (Å²) >= 11 is 0. The van der Waals surface area contributed by atoms with Crippen molar-refractivity contribution in [1.82, 2.24) is 0 Å². The van der Waals surface area contributed by atoms with E-state index in [1.165, 1.54) is 17.2 Å². The van der Waals surface area contributed by atoms with Crippen molar-refractivity contribution in [1.29, 1.82) is 0 Å². The highest BCUT2D eigenvalue weighted by Gasteiger charge is 2.45. The first-order valence-corrected chi connectivity index (χ1v) is 15.7. The molecule has 4 aromatic rings. The number of aromatic carboxylic acids is 1. The first kappa shape index (κ1) is 34.0. The Morgan fingerprint density at radius 1 is 0.936 bits per heavy atom. The predicted molar refractivity (Wildman–Crippen MR) is 174 cm³/mol. The van der Waals surface area contributed by atoms with E-state index in [1.54, 1.807) is 13.0 Å². The molecule has 0 aliphatic carbocycles. The van der Waals surface area contributed by atoms with Crippen LogP contribution in [0.2, 0.25) is 0 Å². The summed E-state index contributed by atoms with van der Waals surface area (Å²) in [7, 11) is 0. The van der Waals surface area contributed by atoms with Gasteiger partial charge in [0.15, 0.2) is 5.78 Å². The molecule has 10 nitrogen and oxygen atoms in total. The van der Waals surface area contributed by atoms with Gasteiger partial charge in [-0.05, 0) is 71.9 Å². The first-order chi connectivity index (χ1) is 22.5. The molecular weight excluding hydrogens is 604 g/mol. The zero-order chi connectivity index (χ0) is 33.8. The summed E-state index contributed by atoms with van der Waals surface area (Å²) in [6.07, 6.45) is -5.76. The van der Waals surface area contributed by atoms with Crippen molar-refractivity contribution in [2.45, 2.75) is 76.2 Å². The van der Waals surface area contributed by atoms with Gasteiger partial charge in [-0.3, -0.25) is 4.79 Å². The van der Waals surface area contributed by atoms with Gasteiger partial charge < -0.3 is 40.1 Å². The second-order valence-corrected chi connectivity index (χ2v) is 12.0. The number of aromatic hydroxyl groups is 1. The number of aliphatic hydroxyl groups is 4. The molecule has 1 fully saturated rings. The monoisotopic (exact) mass is 644 g/mol. The van der Waals surface area contributed by atoms with Crippen LogP contribution in [0.15, 0.2) is 72.8 Å². The highest BCUT2D eigenvalue weighted by atomic mass is 16.7. The van der Waals surface area contributed by atoms with Crippen LogP contribution in [0, 0.1) is 6.92 Å². The molecule has 1 aliphatic rings. The van der Waals surface area contributed by atoms with Crippen LogP contribution in [0.1, 0.15) is 68.7 Å². The van der Waals surface area contributed by atoms with E-state index in [1.807, 2.05) is 36.4 Å². The topological polar surface area (TPSA) is 174 Å². The fraction of sp³-hybridized carbons (Fsp3) is 0.351. The Labute approximate surface area is 272 Å². The second-order valence-electron chi connectivity index (χ2n) is 12.0. The van der Waals surface area contributed by atoms with Gasteiger partial charge in [0.25, 0.3) is 0 Å². The summed E-state index contributed by atoms with van der Waals surface area (Å²) in [6, 6.07) is 22.3. The zero-order valence-electron chi connectivity index (χ0n) is 26.2. The van der Waals surface area contributed by atoms with Crippen LogP contribution in [-0.4, -0.2) is 79.7 Å². The molecule has 4 aromatic carbocycles. The molecule has 6 atom stereocenters. The number of carbonyl (C=O) groups is 2. The summed E-state index contributed by atoms with van der Waals surface area (Å²) in [5, 5.41) is 62.1. The maximum atomic E-state index is 13.8. The standard InChI is InChI=1S/C37H40O10/c1-3-22(16-21-9-5-4-6-10-21)26-12-8-7-11-23(26)13-14-27(39)30-20(2)15-24-17-25(36(44)45)18-28(31(24)33(30)41)46-37-35(43)34(42)32(40)29(19-38)47-37/h4-12,15,17-18,22,29,32,34-35,37-38,40-43H,3,13-14,16,19H2,1-2H3,(H,44,45)/t22-,29-,32-,34+,35-,37+/m1/s1. The molecule has 0 amide bonds. The van der Waals surface area contributed by atoms with Crippen LogP contribution in [0.4, 0.5) is 0 Å². The molecule has 0 bridgehead atoms. The maximum Gasteiger partial charge on any atom is 0.335 e. The third-order valence-corrected chi connectivity index (χ3v) is 8.92. The molecule has 5 rings (SSSR count). The van der Waals surface area contributed by atoms with Crippen molar-refractivity contribution < 1.29 is 49.7 Å². The minimum atomic E-state index is -1.78. The number of phenolic OH excluding ortho intramolecular Hbond substituents is 1. The Morgan fingerprint density at radius 2 is 1.64 bits per heavy atom. The zero-order valence-corrected chi connectivity index (χ0v) is 26.2. The highest BCUT2D eigenvalue weighted by molar-refractivity contribution is 6.09. The molecule has 1 heterocycles. The molecule has 0 aromatic heterocycles. The lowest BCUT2D eigenvalue weighted by Crippen LogP contribution is -2.60. The molecule has 6 N–H and O–H groups in total. The average molecular weight is 645 g/mol. The quantitative estimate of drug-likeness (QED) is 0.122. The number of aryl methyl sites for hydroxylation is 2. The van der Waals surface area contributed by atoms with Crippen molar-refractivity contribution in [3.63, 3.8) is 0 Å². The van der Waals surface area contributed by atoms with Crippen molar-refractivity contribution in [3.05, 3.63) is 106 Å².